The number of aliphatic hydroxyl groups excluding tert-OH is 1. The zero-order valence-electron chi connectivity index (χ0n) is 7.92. The van der Waals surface area contributed by atoms with Crippen LogP contribution >= 0.6 is 11.3 Å². The molecule has 0 saturated heterocycles. The van der Waals surface area contributed by atoms with Crippen molar-refractivity contribution in [2.45, 2.75) is 6.10 Å². The third kappa shape index (κ3) is 1.69. The van der Waals surface area contributed by atoms with Gasteiger partial charge in [0.15, 0.2) is 12.3 Å². The minimum atomic E-state index is -0.513. The van der Waals surface area contributed by atoms with E-state index in [0.717, 1.165) is 10.6 Å². The van der Waals surface area contributed by atoms with Gasteiger partial charge in [-0.15, -0.1) is 0 Å². The number of aliphatic hydroxyl groups is 1. The highest BCUT2D eigenvalue weighted by Gasteiger charge is 2.20. The summed E-state index contributed by atoms with van der Waals surface area (Å²) in [6.07, 6.45) is 1.44. The normalized spacial score (nSPS) is 12.7. The number of rotatable bonds is 2. The lowest BCUT2D eigenvalue weighted by Crippen LogP contribution is -2.31. The molecule has 3 heteroatoms. The second-order valence-corrected chi connectivity index (χ2v) is 4.09. The maximum atomic E-state index is 10.1. The van der Waals surface area contributed by atoms with Gasteiger partial charge in [-0.1, -0.05) is 41.7 Å². The van der Waals surface area contributed by atoms with Gasteiger partial charge in [0, 0.05) is 0 Å². The molecule has 1 heterocycles. The molecular formula is C11H12NOS+. The fourth-order valence-electron chi connectivity index (χ4n) is 1.38. The van der Waals surface area contributed by atoms with Crippen molar-refractivity contribution >= 4 is 11.3 Å². The molecular weight excluding hydrogens is 194 g/mol. The van der Waals surface area contributed by atoms with E-state index in [-0.39, 0.29) is 0 Å². The third-order valence-electron chi connectivity index (χ3n) is 2.17. The number of benzene rings is 1. The van der Waals surface area contributed by atoms with Crippen LogP contribution in [0.3, 0.4) is 0 Å². The van der Waals surface area contributed by atoms with Gasteiger partial charge in [0.2, 0.25) is 0 Å². The Kier molecular flexibility index (Phi) is 2.61. The second kappa shape index (κ2) is 3.90. The van der Waals surface area contributed by atoms with E-state index in [1.807, 2.05) is 53.5 Å². The Bertz CT molecular complexity index is 410. The molecule has 0 aliphatic carbocycles. The SMILES string of the molecule is C[n+]1ccsc1C(O)c1ccccc1. The standard InChI is InChI=1S/C11H12NOS/c1-12-7-8-14-11(12)10(13)9-5-3-2-4-6-9/h2-8,10,13H,1H3/q+1. The van der Waals surface area contributed by atoms with Crippen molar-refractivity contribution in [2.24, 2.45) is 7.05 Å². The van der Waals surface area contributed by atoms with Crippen LogP contribution in [0, 0.1) is 0 Å². The van der Waals surface area contributed by atoms with Gasteiger partial charge >= 0.3 is 0 Å². The summed E-state index contributed by atoms with van der Waals surface area (Å²) in [4.78, 5) is 0. The Balaban J connectivity index is 2.34. The van der Waals surface area contributed by atoms with Gasteiger partial charge in [-0.25, -0.2) is 0 Å². The predicted octanol–water partition coefficient (Wildman–Crippen LogP) is 1.65. The molecule has 1 N–H and O–H groups in total. The lowest BCUT2D eigenvalue weighted by atomic mass is 10.1. The lowest BCUT2D eigenvalue weighted by molar-refractivity contribution is -0.676. The maximum Gasteiger partial charge on any atom is 0.270 e. The largest absolute Gasteiger partial charge is 0.377 e. The first kappa shape index (κ1) is 9.37. The van der Waals surface area contributed by atoms with Gasteiger partial charge in [-0.2, -0.15) is 4.57 Å². The molecule has 0 saturated carbocycles. The third-order valence-corrected chi connectivity index (χ3v) is 3.18. The van der Waals surface area contributed by atoms with Gasteiger partial charge in [0.05, 0.1) is 5.38 Å². The minimum Gasteiger partial charge on any atom is -0.377 e. The molecule has 72 valence electrons. The number of aryl methyl sites for hydroxylation is 1. The van der Waals surface area contributed by atoms with Crippen molar-refractivity contribution in [2.75, 3.05) is 0 Å². The molecule has 1 aromatic heterocycles. The molecule has 0 bridgehead atoms. The number of aromatic nitrogens is 1. The Morgan fingerprint density at radius 3 is 2.57 bits per heavy atom. The van der Waals surface area contributed by atoms with Crippen LogP contribution in [0.15, 0.2) is 41.9 Å². The molecule has 2 aromatic rings. The van der Waals surface area contributed by atoms with Gasteiger partial charge in [0.25, 0.3) is 5.01 Å². The fraction of sp³-hybridized carbons (Fsp3) is 0.182. The van der Waals surface area contributed by atoms with Gasteiger partial charge < -0.3 is 5.11 Å². The molecule has 0 fully saturated rings. The topological polar surface area (TPSA) is 24.1 Å². The first-order chi connectivity index (χ1) is 6.79. The van der Waals surface area contributed by atoms with Crippen LogP contribution in [-0.2, 0) is 7.05 Å². The highest BCUT2D eigenvalue weighted by Crippen LogP contribution is 2.21. The van der Waals surface area contributed by atoms with E-state index >= 15 is 0 Å². The molecule has 14 heavy (non-hydrogen) atoms. The van der Waals surface area contributed by atoms with E-state index < -0.39 is 6.10 Å². The molecule has 1 aromatic carbocycles. The Labute approximate surface area is 87.1 Å². The summed E-state index contributed by atoms with van der Waals surface area (Å²) in [7, 11) is 1.94. The Morgan fingerprint density at radius 1 is 1.29 bits per heavy atom. The van der Waals surface area contributed by atoms with Crippen molar-refractivity contribution in [3.63, 3.8) is 0 Å². The average Bonchev–Trinajstić information content (AvgIpc) is 2.65. The van der Waals surface area contributed by atoms with E-state index in [1.165, 1.54) is 0 Å². The minimum absolute atomic E-state index is 0.513. The lowest BCUT2D eigenvalue weighted by Gasteiger charge is -2.04. The Hall–Kier alpha value is -1.19. The number of hydrogen-bond donors (Lipinski definition) is 1. The summed E-state index contributed by atoms with van der Waals surface area (Å²) < 4.78 is 1.95. The summed E-state index contributed by atoms with van der Waals surface area (Å²) in [6.45, 7) is 0. The molecule has 1 unspecified atom stereocenters. The summed E-state index contributed by atoms with van der Waals surface area (Å²) >= 11 is 1.57. The van der Waals surface area contributed by atoms with Crippen molar-refractivity contribution in [1.82, 2.24) is 0 Å². The van der Waals surface area contributed by atoms with E-state index in [2.05, 4.69) is 0 Å². The van der Waals surface area contributed by atoms with Crippen molar-refractivity contribution in [3.8, 4) is 0 Å². The molecule has 0 aliphatic heterocycles. The molecule has 2 nitrogen and oxygen atoms in total. The molecule has 2 rings (SSSR count). The van der Waals surface area contributed by atoms with E-state index in [1.54, 1.807) is 11.3 Å². The van der Waals surface area contributed by atoms with Crippen LogP contribution in [0.4, 0.5) is 0 Å². The summed E-state index contributed by atoms with van der Waals surface area (Å²) in [5, 5.41) is 13.0. The highest BCUT2D eigenvalue weighted by molar-refractivity contribution is 7.09. The predicted molar refractivity (Wildman–Crippen MR) is 56.0 cm³/mol. The maximum absolute atomic E-state index is 10.1. The van der Waals surface area contributed by atoms with Crippen molar-refractivity contribution in [3.05, 3.63) is 52.5 Å². The van der Waals surface area contributed by atoms with E-state index in [9.17, 15) is 5.11 Å². The summed E-state index contributed by atoms with van der Waals surface area (Å²) in [5.74, 6) is 0. The molecule has 0 radical (unpaired) electrons. The number of thiazole rings is 1. The quantitative estimate of drug-likeness (QED) is 0.742. The highest BCUT2D eigenvalue weighted by atomic mass is 32.1. The van der Waals surface area contributed by atoms with Crippen molar-refractivity contribution in [1.29, 1.82) is 0 Å². The Morgan fingerprint density at radius 2 is 2.00 bits per heavy atom. The van der Waals surface area contributed by atoms with Crippen LogP contribution in [-0.4, -0.2) is 5.11 Å². The van der Waals surface area contributed by atoms with E-state index in [0.29, 0.717) is 0 Å². The number of nitrogens with zero attached hydrogens (tertiary/aromatic N) is 1. The van der Waals surface area contributed by atoms with Crippen LogP contribution in [0.25, 0.3) is 0 Å². The zero-order chi connectivity index (χ0) is 9.97. The monoisotopic (exact) mass is 206 g/mol. The van der Waals surface area contributed by atoms with Gasteiger partial charge in [0.1, 0.15) is 7.05 Å². The summed E-state index contributed by atoms with van der Waals surface area (Å²) in [5.41, 5.74) is 0.936. The van der Waals surface area contributed by atoms with E-state index in [4.69, 9.17) is 0 Å². The van der Waals surface area contributed by atoms with Crippen LogP contribution in [0.1, 0.15) is 16.7 Å². The smallest absolute Gasteiger partial charge is 0.270 e. The summed E-state index contributed by atoms with van der Waals surface area (Å²) in [6, 6.07) is 9.69. The fourth-order valence-corrected chi connectivity index (χ4v) is 2.26. The van der Waals surface area contributed by atoms with Crippen molar-refractivity contribution < 1.29 is 9.67 Å². The molecule has 0 amide bonds. The second-order valence-electron chi connectivity index (χ2n) is 3.17. The number of hydrogen-bond acceptors (Lipinski definition) is 2. The van der Waals surface area contributed by atoms with Crippen LogP contribution in [0.2, 0.25) is 0 Å². The first-order valence-electron chi connectivity index (χ1n) is 4.45. The molecule has 1 atom stereocenters. The first-order valence-corrected chi connectivity index (χ1v) is 5.33. The van der Waals surface area contributed by atoms with Crippen LogP contribution < -0.4 is 4.57 Å². The average molecular weight is 206 g/mol. The van der Waals surface area contributed by atoms with Crippen LogP contribution in [0.5, 0.6) is 0 Å². The molecule has 0 aliphatic rings. The van der Waals surface area contributed by atoms with Gasteiger partial charge in [-0.05, 0) is 5.56 Å². The zero-order valence-corrected chi connectivity index (χ0v) is 8.74. The van der Waals surface area contributed by atoms with Gasteiger partial charge in [-0.3, -0.25) is 0 Å². The molecule has 0 spiro atoms.